The number of aliphatic hydroxyl groups is 1. The summed E-state index contributed by atoms with van der Waals surface area (Å²) in [5.74, 6) is 0.163. The smallest absolute Gasteiger partial charge is 0.290 e. The lowest BCUT2D eigenvalue weighted by Crippen LogP contribution is -2.30. The van der Waals surface area contributed by atoms with Crippen LogP contribution in [0.5, 0.6) is 11.5 Å². The van der Waals surface area contributed by atoms with Gasteiger partial charge in [-0.25, -0.2) is 0 Å². The number of ether oxygens (including phenoxy) is 2. The molecule has 1 aliphatic heterocycles. The number of hydrogen-bond acceptors (Lipinski definition) is 7. The highest BCUT2D eigenvalue weighted by Gasteiger charge is 2.45. The molecule has 1 N–H and O–H groups in total. The molecule has 1 amide bonds. The topological polar surface area (TPSA) is 102 Å². The molecular formula is C30H29NO7. The molecule has 4 aromatic rings. The minimum atomic E-state index is -0.910. The van der Waals surface area contributed by atoms with Crippen LogP contribution in [0.4, 0.5) is 0 Å². The summed E-state index contributed by atoms with van der Waals surface area (Å²) in [6.07, 6.45) is 2.39. The van der Waals surface area contributed by atoms with Gasteiger partial charge < -0.3 is 28.3 Å². The lowest BCUT2D eigenvalue weighted by molar-refractivity contribution is -0.130. The van der Waals surface area contributed by atoms with Crippen molar-refractivity contribution in [3.8, 4) is 11.5 Å². The largest absolute Gasteiger partial charge is 0.503 e. The first kappa shape index (κ1) is 25.2. The van der Waals surface area contributed by atoms with E-state index < -0.39 is 23.5 Å². The maximum absolute atomic E-state index is 13.8. The van der Waals surface area contributed by atoms with Gasteiger partial charge in [0.2, 0.25) is 5.78 Å². The second-order valence-corrected chi connectivity index (χ2v) is 9.60. The van der Waals surface area contributed by atoms with E-state index in [4.69, 9.17) is 18.3 Å². The molecule has 0 fully saturated rings. The highest BCUT2D eigenvalue weighted by atomic mass is 16.5. The number of para-hydroxylation sites is 1. The van der Waals surface area contributed by atoms with Crippen molar-refractivity contribution in [3.05, 3.63) is 95.3 Å². The molecule has 38 heavy (non-hydrogen) atoms. The molecule has 5 rings (SSSR count). The average Bonchev–Trinajstić information content (AvgIpc) is 3.64. The standard InChI is InChI=1S/C30H29NO7/c1-18(2)12-14-37-23-11-10-20(16-24(23)35-3)27-26(28(32)25-15-19-7-4-5-9-22(19)38-25)29(33)30(34)31(27)17-21-8-6-13-36-21/h4-11,13,15-16,18,27,33H,12,14,17H2,1-3H3/t27-/m1/s1. The van der Waals surface area contributed by atoms with Crippen LogP contribution in [0.25, 0.3) is 11.0 Å². The van der Waals surface area contributed by atoms with Gasteiger partial charge in [0.25, 0.3) is 5.91 Å². The molecule has 196 valence electrons. The number of hydrogen-bond donors (Lipinski definition) is 1. The number of rotatable bonds is 10. The van der Waals surface area contributed by atoms with E-state index in [1.54, 1.807) is 48.5 Å². The van der Waals surface area contributed by atoms with E-state index >= 15 is 0 Å². The van der Waals surface area contributed by atoms with Crippen molar-refractivity contribution in [1.29, 1.82) is 0 Å². The number of amides is 1. The Bertz CT molecular complexity index is 1460. The van der Waals surface area contributed by atoms with Crippen molar-refractivity contribution >= 4 is 22.7 Å². The minimum Gasteiger partial charge on any atom is -0.503 e. The molecule has 0 spiro atoms. The number of furan rings is 2. The third-order valence-corrected chi connectivity index (χ3v) is 6.56. The van der Waals surface area contributed by atoms with Crippen LogP contribution < -0.4 is 9.47 Å². The van der Waals surface area contributed by atoms with Gasteiger partial charge in [-0.2, -0.15) is 0 Å². The lowest BCUT2D eigenvalue weighted by atomic mass is 9.94. The molecule has 8 nitrogen and oxygen atoms in total. The SMILES string of the molecule is COc1cc([C@@H]2C(C(=O)c3cc4ccccc4o3)=C(O)C(=O)N2Cc2ccco2)ccc1OCCC(C)C. The number of Topliss-reactive ketones (excluding diaryl/α,β-unsaturated/α-hetero) is 1. The molecular weight excluding hydrogens is 486 g/mol. The van der Waals surface area contributed by atoms with Gasteiger partial charge in [-0.3, -0.25) is 9.59 Å². The summed E-state index contributed by atoms with van der Waals surface area (Å²) < 4.78 is 22.8. The van der Waals surface area contributed by atoms with Crippen LogP contribution in [0, 0.1) is 5.92 Å². The molecule has 8 heteroatoms. The van der Waals surface area contributed by atoms with E-state index in [0.29, 0.717) is 40.9 Å². The van der Waals surface area contributed by atoms with Crippen molar-refractivity contribution < 1.29 is 33.0 Å². The summed E-state index contributed by atoms with van der Waals surface area (Å²) in [7, 11) is 1.53. The van der Waals surface area contributed by atoms with Gasteiger partial charge in [0.1, 0.15) is 11.3 Å². The number of carbonyl (C=O) groups excluding carboxylic acids is 2. The Balaban J connectivity index is 1.55. The van der Waals surface area contributed by atoms with Gasteiger partial charge in [0.15, 0.2) is 23.0 Å². The zero-order chi connectivity index (χ0) is 26.8. The second-order valence-electron chi connectivity index (χ2n) is 9.60. The predicted octanol–water partition coefficient (Wildman–Crippen LogP) is 6.24. The maximum atomic E-state index is 13.8. The molecule has 0 unspecified atom stereocenters. The van der Waals surface area contributed by atoms with Crippen LogP contribution in [0.3, 0.4) is 0 Å². The normalized spacial score (nSPS) is 15.6. The number of benzene rings is 2. The fourth-order valence-corrected chi connectivity index (χ4v) is 4.57. The van der Waals surface area contributed by atoms with Crippen molar-refractivity contribution in [3.63, 3.8) is 0 Å². The Morgan fingerprint density at radius 2 is 1.89 bits per heavy atom. The van der Waals surface area contributed by atoms with Crippen molar-refractivity contribution in [2.75, 3.05) is 13.7 Å². The summed E-state index contributed by atoms with van der Waals surface area (Å²) in [5, 5.41) is 11.7. The van der Waals surface area contributed by atoms with Crippen molar-refractivity contribution in [2.45, 2.75) is 32.9 Å². The third-order valence-electron chi connectivity index (χ3n) is 6.56. The van der Waals surface area contributed by atoms with Gasteiger partial charge in [0.05, 0.1) is 38.1 Å². The second kappa shape index (κ2) is 10.5. The zero-order valence-electron chi connectivity index (χ0n) is 21.5. The summed E-state index contributed by atoms with van der Waals surface area (Å²) in [6.45, 7) is 4.81. The molecule has 2 aromatic heterocycles. The average molecular weight is 516 g/mol. The number of fused-ring (bicyclic) bond motifs is 1. The van der Waals surface area contributed by atoms with E-state index in [9.17, 15) is 14.7 Å². The highest BCUT2D eigenvalue weighted by Crippen LogP contribution is 2.43. The molecule has 2 aromatic carbocycles. The van der Waals surface area contributed by atoms with Crippen molar-refractivity contribution in [2.24, 2.45) is 5.92 Å². The monoisotopic (exact) mass is 515 g/mol. The first-order chi connectivity index (χ1) is 18.4. The van der Waals surface area contributed by atoms with E-state index in [0.717, 1.165) is 11.8 Å². The summed E-state index contributed by atoms with van der Waals surface area (Å²) in [6, 6.07) is 16.6. The lowest BCUT2D eigenvalue weighted by Gasteiger charge is -2.26. The Labute approximate surface area is 220 Å². The van der Waals surface area contributed by atoms with Crippen molar-refractivity contribution in [1.82, 2.24) is 4.90 Å². The summed E-state index contributed by atoms with van der Waals surface area (Å²) in [4.78, 5) is 28.5. The summed E-state index contributed by atoms with van der Waals surface area (Å²) in [5.41, 5.74) is 1.03. The Kier molecular flexibility index (Phi) is 6.96. The first-order valence-corrected chi connectivity index (χ1v) is 12.5. The number of carbonyl (C=O) groups is 2. The summed E-state index contributed by atoms with van der Waals surface area (Å²) >= 11 is 0. The highest BCUT2D eigenvalue weighted by molar-refractivity contribution is 6.16. The van der Waals surface area contributed by atoms with Gasteiger partial charge in [-0.05, 0) is 54.3 Å². The van der Waals surface area contributed by atoms with Gasteiger partial charge in [-0.1, -0.05) is 38.1 Å². The molecule has 1 atom stereocenters. The number of ketones is 1. The van der Waals surface area contributed by atoms with Crippen LogP contribution >= 0.6 is 0 Å². The zero-order valence-corrected chi connectivity index (χ0v) is 21.5. The predicted molar refractivity (Wildman–Crippen MR) is 140 cm³/mol. The third kappa shape index (κ3) is 4.77. The van der Waals surface area contributed by atoms with Crippen LogP contribution in [0.2, 0.25) is 0 Å². The van der Waals surface area contributed by atoms with Gasteiger partial charge >= 0.3 is 0 Å². The Hall–Kier alpha value is -4.46. The van der Waals surface area contributed by atoms with E-state index in [1.165, 1.54) is 18.3 Å². The number of aliphatic hydroxyl groups excluding tert-OH is 1. The molecule has 0 radical (unpaired) electrons. The first-order valence-electron chi connectivity index (χ1n) is 12.5. The van der Waals surface area contributed by atoms with Crippen LogP contribution in [-0.4, -0.2) is 35.4 Å². The fourth-order valence-electron chi connectivity index (χ4n) is 4.57. The molecule has 3 heterocycles. The molecule has 1 aliphatic rings. The molecule has 0 aliphatic carbocycles. The van der Waals surface area contributed by atoms with Gasteiger partial charge in [-0.15, -0.1) is 0 Å². The Morgan fingerprint density at radius 1 is 1.08 bits per heavy atom. The van der Waals surface area contributed by atoms with E-state index in [1.807, 2.05) is 12.1 Å². The quantitative estimate of drug-likeness (QED) is 0.250. The van der Waals surface area contributed by atoms with E-state index in [2.05, 4.69) is 13.8 Å². The molecule has 0 bridgehead atoms. The minimum absolute atomic E-state index is 0.0333. The Morgan fingerprint density at radius 3 is 2.61 bits per heavy atom. The van der Waals surface area contributed by atoms with E-state index in [-0.39, 0.29) is 17.9 Å². The van der Waals surface area contributed by atoms with Crippen LogP contribution in [0.15, 0.2) is 87.1 Å². The molecule has 0 saturated heterocycles. The number of methoxy groups -OCH3 is 1. The molecule has 0 saturated carbocycles. The van der Waals surface area contributed by atoms with Gasteiger partial charge in [0, 0.05) is 5.39 Å². The maximum Gasteiger partial charge on any atom is 0.290 e. The fraction of sp³-hybridized carbons (Fsp3) is 0.267. The van der Waals surface area contributed by atoms with Crippen LogP contribution in [0.1, 0.15) is 48.2 Å². The van der Waals surface area contributed by atoms with Crippen LogP contribution in [-0.2, 0) is 11.3 Å². The number of nitrogens with zero attached hydrogens (tertiary/aromatic N) is 1.